The van der Waals surface area contributed by atoms with E-state index in [0.29, 0.717) is 29.8 Å². The van der Waals surface area contributed by atoms with Crippen molar-refractivity contribution in [2.45, 2.75) is 119 Å². The molecule has 0 aromatic heterocycles. The predicted octanol–water partition coefficient (Wildman–Crippen LogP) is 8.29. The summed E-state index contributed by atoms with van der Waals surface area (Å²) in [6.07, 6.45) is 16.2. The minimum absolute atomic E-state index is 0.00185. The van der Waals surface area contributed by atoms with Crippen LogP contribution in [0.5, 0.6) is 0 Å². The predicted molar refractivity (Wildman–Crippen MR) is 133 cm³/mol. The molecule has 0 spiro atoms. The van der Waals surface area contributed by atoms with Crippen molar-refractivity contribution in [3.63, 3.8) is 0 Å². The maximum Gasteiger partial charge on any atom is 0.305 e. The Morgan fingerprint density at radius 1 is 0.906 bits per heavy atom. The molecule has 0 aliphatic heterocycles. The lowest BCUT2D eigenvalue weighted by Gasteiger charge is -2.61. The van der Waals surface area contributed by atoms with Crippen molar-refractivity contribution in [1.29, 1.82) is 0 Å². The summed E-state index contributed by atoms with van der Waals surface area (Å²) in [6.45, 7) is 15.1. The topological polar surface area (TPSA) is 26.3 Å². The zero-order chi connectivity index (χ0) is 23.1. The monoisotopic (exact) mass is 444 g/mol. The summed E-state index contributed by atoms with van der Waals surface area (Å²) in [7, 11) is 0. The highest BCUT2D eigenvalue weighted by Crippen LogP contribution is 2.68. The van der Waals surface area contributed by atoms with Gasteiger partial charge in [-0.1, -0.05) is 41.0 Å². The lowest BCUT2D eigenvalue weighted by molar-refractivity contribution is -0.144. The van der Waals surface area contributed by atoms with Gasteiger partial charge in [-0.25, -0.2) is 0 Å². The van der Waals surface area contributed by atoms with E-state index in [2.05, 4.69) is 34.6 Å². The molecule has 2 heteroatoms. The molecule has 10 atom stereocenters. The van der Waals surface area contributed by atoms with Crippen LogP contribution in [0.1, 0.15) is 119 Å². The molecule has 2 nitrogen and oxygen atoms in total. The lowest BCUT2D eigenvalue weighted by atomic mass is 9.43. The number of hydrogen-bond donors (Lipinski definition) is 0. The van der Waals surface area contributed by atoms with Gasteiger partial charge in [0.15, 0.2) is 0 Å². The standard InChI is InChI=1S/C30H52O2/c1-7-20(3)22-15-17-29(5)23(19-22)10-11-24-26-13-12-25(30(26,6)18-16-27(24)29)21(4)9-14-28(31)32-8-2/h20-27H,7-19H2,1-6H3/t20?,21-,22?,23?,24?,25-,26+,27+,29+,30-/m1/s1. The third-order valence-electron chi connectivity index (χ3n) is 12.0. The van der Waals surface area contributed by atoms with Crippen LogP contribution in [0.3, 0.4) is 0 Å². The second-order valence-corrected chi connectivity index (χ2v) is 13.1. The van der Waals surface area contributed by atoms with Crippen LogP contribution in [-0.4, -0.2) is 12.6 Å². The zero-order valence-corrected chi connectivity index (χ0v) is 22.1. The first-order valence-electron chi connectivity index (χ1n) is 14.4. The number of carbonyl (C=O) groups is 1. The van der Waals surface area contributed by atoms with Crippen LogP contribution in [0.25, 0.3) is 0 Å². The third kappa shape index (κ3) is 4.19. The molecule has 0 bridgehead atoms. The Bertz CT molecular complexity index is 657. The number of rotatable bonds is 7. The quantitative estimate of drug-likeness (QED) is 0.369. The van der Waals surface area contributed by atoms with Crippen LogP contribution in [0.2, 0.25) is 0 Å². The highest BCUT2D eigenvalue weighted by Gasteiger charge is 2.60. The summed E-state index contributed by atoms with van der Waals surface area (Å²) in [5, 5.41) is 0. The van der Waals surface area contributed by atoms with Gasteiger partial charge in [0, 0.05) is 6.42 Å². The average Bonchev–Trinajstić information content (AvgIpc) is 3.14. The van der Waals surface area contributed by atoms with Gasteiger partial charge in [0.25, 0.3) is 0 Å². The maximum absolute atomic E-state index is 11.9. The van der Waals surface area contributed by atoms with Crippen LogP contribution in [0.4, 0.5) is 0 Å². The second-order valence-electron chi connectivity index (χ2n) is 13.1. The maximum atomic E-state index is 11.9. The normalized spacial score (nSPS) is 45.3. The molecule has 4 aliphatic rings. The fourth-order valence-corrected chi connectivity index (χ4v) is 9.90. The van der Waals surface area contributed by atoms with E-state index in [9.17, 15) is 4.79 Å². The molecule has 0 saturated heterocycles. The fraction of sp³-hybridized carbons (Fsp3) is 0.967. The highest BCUT2D eigenvalue weighted by molar-refractivity contribution is 5.69. The number of carbonyl (C=O) groups excluding carboxylic acids is 1. The van der Waals surface area contributed by atoms with Gasteiger partial charge in [0.05, 0.1) is 6.61 Å². The Morgan fingerprint density at radius 3 is 2.34 bits per heavy atom. The van der Waals surface area contributed by atoms with Gasteiger partial charge in [-0.15, -0.1) is 0 Å². The van der Waals surface area contributed by atoms with E-state index in [1.165, 1.54) is 64.2 Å². The summed E-state index contributed by atoms with van der Waals surface area (Å²) in [6, 6.07) is 0. The van der Waals surface area contributed by atoms with Gasteiger partial charge in [0.2, 0.25) is 0 Å². The highest BCUT2D eigenvalue weighted by atomic mass is 16.5. The molecule has 0 amide bonds. The molecule has 0 aromatic carbocycles. The van der Waals surface area contributed by atoms with Crippen molar-refractivity contribution in [2.24, 2.45) is 58.2 Å². The summed E-state index contributed by atoms with van der Waals surface area (Å²) in [4.78, 5) is 11.9. The molecule has 0 aromatic rings. The Morgan fingerprint density at radius 2 is 1.62 bits per heavy atom. The molecule has 184 valence electrons. The van der Waals surface area contributed by atoms with Crippen molar-refractivity contribution in [1.82, 2.24) is 0 Å². The summed E-state index contributed by atoms with van der Waals surface area (Å²) < 4.78 is 5.21. The molecular formula is C30H52O2. The Kier molecular flexibility index (Phi) is 7.39. The van der Waals surface area contributed by atoms with E-state index < -0.39 is 0 Å². The van der Waals surface area contributed by atoms with Crippen LogP contribution in [0.15, 0.2) is 0 Å². The molecule has 4 saturated carbocycles. The largest absolute Gasteiger partial charge is 0.466 e. The van der Waals surface area contributed by atoms with Crippen molar-refractivity contribution in [3.05, 3.63) is 0 Å². The van der Waals surface area contributed by atoms with Gasteiger partial charge in [0.1, 0.15) is 0 Å². The minimum Gasteiger partial charge on any atom is -0.466 e. The van der Waals surface area contributed by atoms with Crippen molar-refractivity contribution in [3.8, 4) is 0 Å². The van der Waals surface area contributed by atoms with Crippen LogP contribution < -0.4 is 0 Å². The molecule has 4 aliphatic carbocycles. The van der Waals surface area contributed by atoms with E-state index in [0.717, 1.165) is 47.8 Å². The van der Waals surface area contributed by atoms with Gasteiger partial charge >= 0.3 is 5.97 Å². The van der Waals surface area contributed by atoms with Crippen LogP contribution in [-0.2, 0) is 9.53 Å². The van der Waals surface area contributed by atoms with Gasteiger partial charge < -0.3 is 4.74 Å². The number of fused-ring (bicyclic) bond motifs is 5. The van der Waals surface area contributed by atoms with E-state index in [1.54, 1.807) is 0 Å². The van der Waals surface area contributed by atoms with Gasteiger partial charge in [-0.2, -0.15) is 0 Å². The molecule has 0 N–H and O–H groups in total. The van der Waals surface area contributed by atoms with E-state index >= 15 is 0 Å². The molecule has 32 heavy (non-hydrogen) atoms. The first kappa shape index (κ1) is 24.6. The van der Waals surface area contributed by atoms with Gasteiger partial charge in [-0.05, 0) is 129 Å². The Labute approximate surface area is 199 Å². The van der Waals surface area contributed by atoms with E-state index in [4.69, 9.17) is 4.74 Å². The van der Waals surface area contributed by atoms with E-state index in [1.807, 2.05) is 6.92 Å². The number of ether oxygens (including phenoxy) is 1. The molecule has 4 rings (SSSR count). The fourth-order valence-electron chi connectivity index (χ4n) is 9.90. The van der Waals surface area contributed by atoms with Crippen molar-refractivity contribution < 1.29 is 9.53 Å². The van der Waals surface area contributed by atoms with E-state index in [-0.39, 0.29) is 5.97 Å². The minimum atomic E-state index is 0.00185. The number of esters is 1. The first-order chi connectivity index (χ1) is 15.2. The Hall–Kier alpha value is -0.530. The summed E-state index contributed by atoms with van der Waals surface area (Å²) in [5.74, 6) is 7.21. The third-order valence-corrected chi connectivity index (χ3v) is 12.0. The summed E-state index contributed by atoms with van der Waals surface area (Å²) >= 11 is 0. The molecular weight excluding hydrogens is 392 g/mol. The van der Waals surface area contributed by atoms with Gasteiger partial charge in [-0.3, -0.25) is 4.79 Å². The van der Waals surface area contributed by atoms with Crippen LogP contribution in [0, 0.1) is 58.2 Å². The Balaban J connectivity index is 1.43. The molecule has 4 fully saturated rings. The number of hydrogen-bond acceptors (Lipinski definition) is 2. The lowest BCUT2D eigenvalue weighted by Crippen LogP contribution is -2.54. The molecule has 4 unspecified atom stereocenters. The molecule has 0 heterocycles. The van der Waals surface area contributed by atoms with Crippen molar-refractivity contribution in [2.75, 3.05) is 6.61 Å². The molecule has 0 radical (unpaired) electrons. The second kappa shape index (κ2) is 9.61. The average molecular weight is 445 g/mol. The van der Waals surface area contributed by atoms with Crippen LogP contribution >= 0.6 is 0 Å². The zero-order valence-electron chi connectivity index (χ0n) is 22.1. The SMILES string of the molecule is CCOC(=O)CC[C@@H](C)[C@H]1CC[C@H]2C3CCC4CC(C(C)CC)CC[C@]4(C)[C@H]3CC[C@]12C. The smallest absolute Gasteiger partial charge is 0.305 e. The summed E-state index contributed by atoms with van der Waals surface area (Å²) in [5.41, 5.74) is 1.12. The first-order valence-corrected chi connectivity index (χ1v) is 14.4. The van der Waals surface area contributed by atoms with Crippen molar-refractivity contribution >= 4 is 5.97 Å².